The maximum absolute atomic E-state index is 10.9. The van der Waals surface area contributed by atoms with Crippen molar-refractivity contribution in [1.82, 2.24) is 20.2 Å². The normalized spacial score (nSPS) is 10.5. The molecule has 0 saturated heterocycles. The summed E-state index contributed by atoms with van der Waals surface area (Å²) in [4.78, 5) is 10.9. The van der Waals surface area contributed by atoms with Crippen LogP contribution < -0.4 is 5.73 Å². The molecule has 2 rings (SSSR count). The van der Waals surface area contributed by atoms with Crippen molar-refractivity contribution >= 4 is 17.6 Å². The lowest BCUT2D eigenvalue weighted by Gasteiger charge is -2.05. The number of benzene rings is 1. The van der Waals surface area contributed by atoms with Crippen molar-refractivity contribution in [2.45, 2.75) is 6.54 Å². The van der Waals surface area contributed by atoms with Crippen molar-refractivity contribution < 1.29 is 9.90 Å². The standard InChI is InChI=1S/C9H8ClN5O2/c10-7-2-1-5(3-6(7)9(16)17)15-8(4-11)12-13-14-15/h1-3H,4,11H2,(H,16,17). The molecule has 8 heteroatoms. The summed E-state index contributed by atoms with van der Waals surface area (Å²) in [5.74, 6) is -0.678. The van der Waals surface area contributed by atoms with Gasteiger partial charge in [0.05, 0.1) is 22.8 Å². The molecule has 0 bridgehead atoms. The minimum absolute atomic E-state index is 0.0114. The molecule has 0 fully saturated rings. The zero-order chi connectivity index (χ0) is 12.4. The van der Waals surface area contributed by atoms with Crippen molar-refractivity contribution in [2.75, 3.05) is 0 Å². The first-order valence-electron chi connectivity index (χ1n) is 4.64. The minimum Gasteiger partial charge on any atom is -0.478 e. The molecule has 0 aliphatic carbocycles. The van der Waals surface area contributed by atoms with Crippen LogP contribution in [0.2, 0.25) is 5.02 Å². The Morgan fingerprint density at radius 2 is 2.29 bits per heavy atom. The second kappa shape index (κ2) is 4.48. The third kappa shape index (κ3) is 2.10. The van der Waals surface area contributed by atoms with Crippen molar-refractivity contribution in [3.63, 3.8) is 0 Å². The first-order valence-corrected chi connectivity index (χ1v) is 5.02. The Morgan fingerprint density at radius 3 is 2.94 bits per heavy atom. The molecule has 2 aromatic rings. The van der Waals surface area contributed by atoms with Crippen LogP contribution in [0.5, 0.6) is 0 Å². The molecule has 0 saturated carbocycles. The fourth-order valence-electron chi connectivity index (χ4n) is 1.34. The predicted octanol–water partition coefficient (Wildman–Crippen LogP) is 0.473. The van der Waals surface area contributed by atoms with Gasteiger partial charge in [-0.1, -0.05) is 11.6 Å². The molecule has 3 N–H and O–H groups in total. The van der Waals surface area contributed by atoms with E-state index in [1.807, 2.05) is 0 Å². The van der Waals surface area contributed by atoms with Crippen LogP contribution >= 0.6 is 11.6 Å². The summed E-state index contributed by atoms with van der Waals surface area (Å²) in [5.41, 5.74) is 5.94. The van der Waals surface area contributed by atoms with E-state index in [1.54, 1.807) is 6.07 Å². The van der Waals surface area contributed by atoms with Gasteiger partial charge in [0.2, 0.25) is 0 Å². The van der Waals surface area contributed by atoms with Gasteiger partial charge in [0.1, 0.15) is 0 Å². The molecule has 0 unspecified atom stereocenters. The Morgan fingerprint density at radius 1 is 1.53 bits per heavy atom. The molecule has 17 heavy (non-hydrogen) atoms. The Balaban J connectivity index is 2.54. The van der Waals surface area contributed by atoms with Crippen molar-refractivity contribution in [3.8, 4) is 5.69 Å². The number of aromatic nitrogens is 4. The van der Waals surface area contributed by atoms with Gasteiger partial charge < -0.3 is 10.8 Å². The van der Waals surface area contributed by atoms with Gasteiger partial charge in [0.25, 0.3) is 0 Å². The summed E-state index contributed by atoms with van der Waals surface area (Å²) >= 11 is 5.76. The average molecular weight is 254 g/mol. The summed E-state index contributed by atoms with van der Waals surface area (Å²) in [5, 5.41) is 20.0. The lowest BCUT2D eigenvalue weighted by molar-refractivity contribution is 0.0697. The molecule has 0 amide bonds. The molecule has 0 radical (unpaired) electrons. The maximum Gasteiger partial charge on any atom is 0.337 e. The van der Waals surface area contributed by atoms with Gasteiger partial charge in [-0.3, -0.25) is 0 Å². The first-order chi connectivity index (χ1) is 8.13. The van der Waals surface area contributed by atoms with Gasteiger partial charge >= 0.3 is 5.97 Å². The van der Waals surface area contributed by atoms with Gasteiger partial charge in [-0.2, -0.15) is 4.68 Å². The average Bonchev–Trinajstić information content (AvgIpc) is 2.77. The van der Waals surface area contributed by atoms with E-state index in [0.29, 0.717) is 11.5 Å². The van der Waals surface area contributed by atoms with Crippen LogP contribution in [0.4, 0.5) is 0 Å². The number of hydrogen-bond donors (Lipinski definition) is 2. The second-order valence-electron chi connectivity index (χ2n) is 3.18. The molecular weight excluding hydrogens is 246 g/mol. The number of halogens is 1. The lowest BCUT2D eigenvalue weighted by atomic mass is 10.2. The third-order valence-electron chi connectivity index (χ3n) is 2.14. The van der Waals surface area contributed by atoms with Gasteiger partial charge in [0, 0.05) is 0 Å². The fourth-order valence-corrected chi connectivity index (χ4v) is 1.54. The number of carboxylic acids is 1. The molecule has 88 valence electrons. The van der Waals surface area contributed by atoms with Gasteiger partial charge in [0.15, 0.2) is 5.82 Å². The van der Waals surface area contributed by atoms with E-state index < -0.39 is 5.97 Å². The Bertz CT molecular complexity index is 568. The molecule has 1 heterocycles. The first kappa shape index (κ1) is 11.5. The molecule has 1 aromatic heterocycles. The number of tetrazole rings is 1. The Labute approximate surface area is 101 Å². The number of hydrogen-bond acceptors (Lipinski definition) is 5. The van der Waals surface area contributed by atoms with E-state index in [2.05, 4.69) is 15.5 Å². The highest BCUT2D eigenvalue weighted by Crippen LogP contribution is 2.19. The van der Waals surface area contributed by atoms with E-state index in [0.717, 1.165) is 0 Å². The van der Waals surface area contributed by atoms with Crippen LogP contribution in [0.25, 0.3) is 5.69 Å². The SMILES string of the molecule is NCc1nnnn1-c1ccc(Cl)c(C(=O)O)c1. The molecule has 1 aromatic carbocycles. The Kier molecular flexibility index (Phi) is 3.03. The van der Waals surface area contributed by atoms with E-state index in [-0.39, 0.29) is 17.1 Å². The highest BCUT2D eigenvalue weighted by molar-refractivity contribution is 6.33. The molecule has 0 aliphatic rings. The number of carbonyl (C=O) groups is 1. The van der Waals surface area contributed by atoms with E-state index in [1.165, 1.54) is 16.8 Å². The molecule has 0 spiro atoms. The minimum atomic E-state index is -1.11. The van der Waals surface area contributed by atoms with Crippen LogP contribution in [-0.2, 0) is 6.54 Å². The number of rotatable bonds is 3. The number of aromatic carboxylic acids is 1. The van der Waals surface area contributed by atoms with Gasteiger partial charge in [-0.15, -0.1) is 5.10 Å². The number of nitrogens with zero attached hydrogens (tertiary/aromatic N) is 4. The van der Waals surface area contributed by atoms with Crippen molar-refractivity contribution in [2.24, 2.45) is 5.73 Å². The van der Waals surface area contributed by atoms with Gasteiger partial charge in [-0.25, -0.2) is 4.79 Å². The topological polar surface area (TPSA) is 107 Å². The van der Waals surface area contributed by atoms with Crippen molar-refractivity contribution in [1.29, 1.82) is 0 Å². The second-order valence-corrected chi connectivity index (χ2v) is 3.59. The van der Waals surface area contributed by atoms with Crippen LogP contribution in [0.3, 0.4) is 0 Å². The van der Waals surface area contributed by atoms with Crippen LogP contribution in [-0.4, -0.2) is 31.3 Å². The monoisotopic (exact) mass is 253 g/mol. The zero-order valence-electron chi connectivity index (χ0n) is 8.54. The summed E-state index contributed by atoms with van der Waals surface area (Å²) in [6.07, 6.45) is 0. The highest BCUT2D eigenvalue weighted by atomic mass is 35.5. The van der Waals surface area contributed by atoms with E-state index >= 15 is 0 Å². The van der Waals surface area contributed by atoms with Crippen LogP contribution in [0, 0.1) is 0 Å². The van der Waals surface area contributed by atoms with Crippen molar-refractivity contribution in [3.05, 3.63) is 34.6 Å². The summed E-state index contributed by atoms with van der Waals surface area (Å²) in [6.45, 7) is 0.151. The molecule has 7 nitrogen and oxygen atoms in total. The largest absolute Gasteiger partial charge is 0.478 e. The molecule has 0 aliphatic heterocycles. The summed E-state index contributed by atoms with van der Waals surface area (Å²) < 4.78 is 1.36. The predicted molar refractivity (Wildman–Crippen MR) is 59.0 cm³/mol. The lowest BCUT2D eigenvalue weighted by Crippen LogP contribution is -2.09. The number of nitrogens with two attached hydrogens (primary N) is 1. The van der Waals surface area contributed by atoms with Crippen LogP contribution in [0.1, 0.15) is 16.2 Å². The smallest absolute Gasteiger partial charge is 0.337 e. The summed E-state index contributed by atoms with van der Waals surface area (Å²) in [6, 6.07) is 4.48. The summed E-state index contributed by atoms with van der Waals surface area (Å²) in [7, 11) is 0. The maximum atomic E-state index is 10.9. The van der Waals surface area contributed by atoms with Gasteiger partial charge in [-0.05, 0) is 28.6 Å². The van der Waals surface area contributed by atoms with E-state index in [9.17, 15) is 4.79 Å². The molecule has 0 atom stereocenters. The zero-order valence-corrected chi connectivity index (χ0v) is 9.29. The third-order valence-corrected chi connectivity index (χ3v) is 2.47. The van der Waals surface area contributed by atoms with E-state index in [4.69, 9.17) is 22.4 Å². The highest BCUT2D eigenvalue weighted by Gasteiger charge is 2.12. The quantitative estimate of drug-likeness (QED) is 0.824. The Hall–Kier alpha value is -1.99. The number of carboxylic acid groups (broad SMARTS) is 1. The fraction of sp³-hybridized carbons (Fsp3) is 0.111. The van der Waals surface area contributed by atoms with Crippen LogP contribution in [0.15, 0.2) is 18.2 Å². The molecular formula is C9H8ClN5O2.